The molecule has 0 aliphatic carbocycles. The van der Waals surface area contributed by atoms with Crippen molar-refractivity contribution >= 4 is 11.8 Å². The third kappa shape index (κ3) is 7.16. The van der Waals surface area contributed by atoms with Crippen LogP contribution in [-0.4, -0.2) is 30.1 Å². The first-order chi connectivity index (χ1) is 12.9. The lowest BCUT2D eigenvalue weighted by Gasteiger charge is -2.16. The predicted molar refractivity (Wildman–Crippen MR) is 98.5 cm³/mol. The molecule has 1 atom stereocenters. The Morgan fingerprint density at radius 1 is 1.11 bits per heavy atom. The lowest BCUT2D eigenvalue weighted by molar-refractivity contribution is -0.137. The van der Waals surface area contributed by atoms with Gasteiger partial charge in [-0.3, -0.25) is 0 Å². The second kappa shape index (κ2) is 9.80. The van der Waals surface area contributed by atoms with Gasteiger partial charge in [-0.25, -0.2) is 9.78 Å². The number of pyridine rings is 1. The summed E-state index contributed by atoms with van der Waals surface area (Å²) in [6, 6.07) is 11.8. The van der Waals surface area contributed by atoms with E-state index in [0.29, 0.717) is 0 Å². The van der Waals surface area contributed by atoms with Crippen LogP contribution in [0.25, 0.3) is 0 Å². The molecule has 5 nitrogen and oxygen atoms in total. The molecule has 27 heavy (non-hydrogen) atoms. The van der Waals surface area contributed by atoms with Crippen molar-refractivity contribution in [1.82, 2.24) is 15.6 Å². The molecule has 1 heterocycles. The first-order valence-electron chi connectivity index (χ1n) is 8.70. The molecule has 146 valence electrons. The minimum Gasteiger partial charge on any atom is -0.368 e. The molecule has 0 aliphatic rings. The summed E-state index contributed by atoms with van der Waals surface area (Å²) >= 11 is 0. The number of carbonyl (C=O) groups is 1. The Morgan fingerprint density at radius 3 is 2.56 bits per heavy atom. The van der Waals surface area contributed by atoms with Crippen LogP contribution in [0.1, 0.15) is 24.5 Å². The summed E-state index contributed by atoms with van der Waals surface area (Å²) in [5.74, 6) is -0.247. The third-order valence-corrected chi connectivity index (χ3v) is 3.90. The van der Waals surface area contributed by atoms with E-state index in [1.54, 1.807) is 0 Å². The van der Waals surface area contributed by atoms with Crippen LogP contribution in [0.3, 0.4) is 0 Å². The molecule has 2 rings (SSSR count). The average molecular weight is 380 g/mol. The number of hydrogen-bond donors (Lipinski definition) is 3. The maximum Gasteiger partial charge on any atom is 0.419 e. The van der Waals surface area contributed by atoms with E-state index in [4.69, 9.17) is 0 Å². The number of nitrogens with one attached hydrogen (secondary N) is 3. The average Bonchev–Trinajstić information content (AvgIpc) is 2.64. The number of alkyl halides is 3. The number of rotatable bonds is 8. The molecule has 2 amide bonds. The van der Waals surface area contributed by atoms with Crippen LogP contribution in [0.4, 0.5) is 23.8 Å². The molecular formula is C19H23F3N4O. The molecule has 0 spiro atoms. The van der Waals surface area contributed by atoms with Crippen LogP contribution in [0, 0.1) is 0 Å². The smallest absolute Gasteiger partial charge is 0.368 e. The van der Waals surface area contributed by atoms with E-state index in [0.717, 1.165) is 18.9 Å². The Kier molecular flexibility index (Phi) is 7.45. The summed E-state index contributed by atoms with van der Waals surface area (Å²) in [6.45, 7) is 2.21. The second-order valence-electron chi connectivity index (χ2n) is 6.15. The molecule has 2 aromatic rings. The van der Waals surface area contributed by atoms with Crippen molar-refractivity contribution in [3.05, 3.63) is 59.8 Å². The monoisotopic (exact) mass is 380 g/mol. The molecule has 8 heteroatoms. The minimum absolute atomic E-state index is 0.0224. The zero-order chi connectivity index (χ0) is 19.7. The van der Waals surface area contributed by atoms with Crippen molar-refractivity contribution < 1.29 is 18.0 Å². The van der Waals surface area contributed by atoms with Crippen LogP contribution < -0.4 is 16.0 Å². The molecular weight excluding hydrogens is 357 g/mol. The van der Waals surface area contributed by atoms with Gasteiger partial charge in [-0.1, -0.05) is 30.3 Å². The topological polar surface area (TPSA) is 66.1 Å². The summed E-state index contributed by atoms with van der Waals surface area (Å²) < 4.78 is 38.6. The van der Waals surface area contributed by atoms with Gasteiger partial charge in [-0.2, -0.15) is 13.2 Å². The SMILES string of the molecule is CC(CCc1ccccc1)NC(=O)NCCNc1ncccc1C(F)(F)F. The summed E-state index contributed by atoms with van der Waals surface area (Å²) in [6.07, 6.45) is -1.55. The zero-order valence-corrected chi connectivity index (χ0v) is 15.0. The Morgan fingerprint density at radius 2 is 1.85 bits per heavy atom. The van der Waals surface area contributed by atoms with Gasteiger partial charge in [0.1, 0.15) is 5.82 Å². The van der Waals surface area contributed by atoms with Gasteiger partial charge in [-0.15, -0.1) is 0 Å². The van der Waals surface area contributed by atoms with E-state index in [-0.39, 0.29) is 31.0 Å². The summed E-state index contributed by atoms with van der Waals surface area (Å²) in [5.41, 5.74) is 0.371. The zero-order valence-electron chi connectivity index (χ0n) is 15.0. The first-order valence-corrected chi connectivity index (χ1v) is 8.70. The van der Waals surface area contributed by atoms with Crippen LogP contribution in [0.2, 0.25) is 0 Å². The van der Waals surface area contributed by atoms with Gasteiger partial charge >= 0.3 is 12.2 Å². The van der Waals surface area contributed by atoms with Crippen LogP contribution in [0.15, 0.2) is 48.7 Å². The number of aryl methyl sites for hydroxylation is 1. The molecule has 0 saturated carbocycles. The second-order valence-corrected chi connectivity index (χ2v) is 6.15. The van der Waals surface area contributed by atoms with Gasteiger partial charge in [-0.05, 0) is 37.5 Å². The van der Waals surface area contributed by atoms with Crippen molar-refractivity contribution in [3.63, 3.8) is 0 Å². The fourth-order valence-corrected chi connectivity index (χ4v) is 2.51. The van der Waals surface area contributed by atoms with Crippen molar-refractivity contribution in [2.24, 2.45) is 0 Å². The highest BCUT2D eigenvalue weighted by Gasteiger charge is 2.33. The van der Waals surface area contributed by atoms with Gasteiger partial charge in [0.25, 0.3) is 0 Å². The number of anilines is 1. The largest absolute Gasteiger partial charge is 0.419 e. The standard InChI is InChI=1S/C19H23F3N4O/c1-14(9-10-15-6-3-2-4-7-15)26-18(27)25-13-12-24-17-16(19(20,21)22)8-5-11-23-17/h2-8,11,14H,9-10,12-13H2,1H3,(H,23,24)(H2,25,26,27). The molecule has 0 radical (unpaired) electrons. The number of halogens is 3. The maximum atomic E-state index is 12.9. The van der Waals surface area contributed by atoms with E-state index in [1.807, 2.05) is 37.3 Å². The van der Waals surface area contributed by atoms with Crippen molar-refractivity contribution in [1.29, 1.82) is 0 Å². The molecule has 3 N–H and O–H groups in total. The van der Waals surface area contributed by atoms with E-state index in [1.165, 1.54) is 17.8 Å². The molecule has 0 saturated heterocycles. The Hall–Kier alpha value is -2.77. The number of urea groups is 1. The van der Waals surface area contributed by atoms with Gasteiger partial charge < -0.3 is 16.0 Å². The Bertz CT molecular complexity index is 722. The Balaban J connectivity index is 1.68. The van der Waals surface area contributed by atoms with Crippen LogP contribution in [0.5, 0.6) is 0 Å². The summed E-state index contributed by atoms with van der Waals surface area (Å²) in [5, 5.41) is 8.03. The molecule has 0 fully saturated rings. The summed E-state index contributed by atoms with van der Waals surface area (Å²) in [4.78, 5) is 15.6. The molecule has 1 aromatic heterocycles. The van der Waals surface area contributed by atoms with E-state index < -0.39 is 11.7 Å². The van der Waals surface area contributed by atoms with Gasteiger partial charge in [0.2, 0.25) is 0 Å². The first kappa shape index (κ1) is 20.5. The summed E-state index contributed by atoms with van der Waals surface area (Å²) in [7, 11) is 0. The van der Waals surface area contributed by atoms with E-state index >= 15 is 0 Å². The molecule has 0 aliphatic heterocycles. The highest BCUT2D eigenvalue weighted by atomic mass is 19.4. The van der Waals surface area contributed by atoms with E-state index in [2.05, 4.69) is 20.9 Å². The van der Waals surface area contributed by atoms with Gasteiger partial charge in [0.15, 0.2) is 0 Å². The number of amides is 2. The fraction of sp³-hybridized carbons (Fsp3) is 0.368. The number of benzene rings is 1. The van der Waals surface area contributed by atoms with Crippen molar-refractivity contribution in [2.75, 3.05) is 18.4 Å². The molecule has 1 aromatic carbocycles. The van der Waals surface area contributed by atoms with Crippen molar-refractivity contribution in [2.45, 2.75) is 32.0 Å². The number of nitrogens with zero attached hydrogens (tertiary/aromatic N) is 1. The third-order valence-electron chi connectivity index (χ3n) is 3.90. The highest BCUT2D eigenvalue weighted by molar-refractivity contribution is 5.74. The minimum atomic E-state index is -4.48. The fourth-order valence-electron chi connectivity index (χ4n) is 2.51. The normalized spacial score (nSPS) is 12.3. The van der Waals surface area contributed by atoms with Crippen molar-refractivity contribution in [3.8, 4) is 0 Å². The van der Waals surface area contributed by atoms with E-state index in [9.17, 15) is 18.0 Å². The number of aromatic nitrogens is 1. The lowest BCUT2D eigenvalue weighted by Crippen LogP contribution is -2.42. The molecule has 1 unspecified atom stereocenters. The van der Waals surface area contributed by atoms with Gasteiger partial charge in [0.05, 0.1) is 5.56 Å². The highest BCUT2D eigenvalue weighted by Crippen LogP contribution is 2.33. The quantitative estimate of drug-likeness (QED) is 0.610. The predicted octanol–water partition coefficient (Wildman–Crippen LogP) is 3.83. The maximum absolute atomic E-state index is 12.9. The lowest BCUT2D eigenvalue weighted by atomic mass is 10.1. The number of hydrogen-bond acceptors (Lipinski definition) is 3. The van der Waals surface area contributed by atoms with Crippen LogP contribution >= 0.6 is 0 Å². The number of carbonyl (C=O) groups excluding carboxylic acids is 1. The van der Waals surface area contributed by atoms with Crippen LogP contribution in [-0.2, 0) is 12.6 Å². The Labute approximate surface area is 156 Å². The molecule has 0 bridgehead atoms. The van der Waals surface area contributed by atoms with Gasteiger partial charge in [0, 0.05) is 25.3 Å².